The summed E-state index contributed by atoms with van der Waals surface area (Å²) in [5.74, 6) is 0.537. The second kappa shape index (κ2) is 6.38. The molecular formula is C17H34N2OS. The zero-order valence-electron chi connectivity index (χ0n) is 14.9. The van der Waals surface area contributed by atoms with Gasteiger partial charge in [0.15, 0.2) is 0 Å². The van der Waals surface area contributed by atoms with E-state index in [9.17, 15) is 0 Å². The molecule has 0 bridgehead atoms. The molecule has 0 aromatic rings. The van der Waals surface area contributed by atoms with Crippen LogP contribution in [0.2, 0.25) is 0 Å². The summed E-state index contributed by atoms with van der Waals surface area (Å²) in [6, 6.07) is 0.428. The number of thioether (sulfide) groups is 1. The zero-order valence-corrected chi connectivity index (χ0v) is 15.7. The number of nitrogens with one attached hydrogen (secondary N) is 1. The summed E-state index contributed by atoms with van der Waals surface area (Å²) in [4.78, 5) is 2.66. The molecule has 124 valence electrons. The number of ether oxygens (including phenoxy) is 1. The molecule has 21 heavy (non-hydrogen) atoms. The quantitative estimate of drug-likeness (QED) is 0.862. The number of hydrogen-bond acceptors (Lipinski definition) is 4. The molecule has 2 rings (SSSR count). The van der Waals surface area contributed by atoms with E-state index >= 15 is 0 Å². The number of rotatable bonds is 4. The summed E-state index contributed by atoms with van der Waals surface area (Å²) in [6.07, 6.45) is 0. The van der Waals surface area contributed by atoms with Crippen molar-refractivity contribution in [1.82, 2.24) is 10.2 Å². The molecule has 4 unspecified atom stereocenters. The normalized spacial score (nSPS) is 39.6. The monoisotopic (exact) mass is 314 g/mol. The highest BCUT2D eigenvalue weighted by atomic mass is 32.2. The van der Waals surface area contributed by atoms with Crippen molar-refractivity contribution in [2.45, 2.75) is 76.2 Å². The van der Waals surface area contributed by atoms with E-state index in [0.717, 1.165) is 23.6 Å². The van der Waals surface area contributed by atoms with Crippen LogP contribution >= 0.6 is 11.8 Å². The van der Waals surface area contributed by atoms with Gasteiger partial charge in [-0.2, -0.15) is 11.8 Å². The maximum atomic E-state index is 6.41. The maximum Gasteiger partial charge on any atom is 0.0790 e. The maximum absolute atomic E-state index is 6.41. The Morgan fingerprint density at radius 3 is 2.19 bits per heavy atom. The van der Waals surface area contributed by atoms with Crippen LogP contribution in [0.25, 0.3) is 0 Å². The van der Waals surface area contributed by atoms with Crippen molar-refractivity contribution in [3.05, 3.63) is 0 Å². The predicted octanol–water partition coefficient (Wildman–Crippen LogP) is 2.99. The minimum absolute atomic E-state index is 0.0621. The number of hydrogen-bond donors (Lipinski definition) is 1. The Morgan fingerprint density at radius 2 is 1.67 bits per heavy atom. The van der Waals surface area contributed by atoms with E-state index in [4.69, 9.17) is 4.74 Å². The molecule has 0 spiro atoms. The molecule has 0 aliphatic carbocycles. The Labute approximate surface area is 135 Å². The lowest BCUT2D eigenvalue weighted by molar-refractivity contribution is -0.0796. The average Bonchev–Trinajstić information content (AvgIpc) is 2.46. The topological polar surface area (TPSA) is 24.5 Å². The molecule has 2 fully saturated rings. The second-order valence-corrected chi connectivity index (χ2v) is 9.81. The van der Waals surface area contributed by atoms with Gasteiger partial charge < -0.3 is 15.0 Å². The molecule has 0 radical (unpaired) electrons. The van der Waals surface area contributed by atoms with Crippen LogP contribution in [0, 0.1) is 5.92 Å². The van der Waals surface area contributed by atoms with Crippen molar-refractivity contribution in [3.8, 4) is 0 Å². The SMILES string of the molecule is CCNC1C(CN2CC(C)SC(C)C2)C(C)(C)OC1(C)C. The smallest absolute Gasteiger partial charge is 0.0790 e. The summed E-state index contributed by atoms with van der Waals surface area (Å²) in [7, 11) is 0. The van der Waals surface area contributed by atoms with E-state index in [0.29, 0.717) is 12.0 Å². The summed E-state index contributed by atoms with van der Waals surface area (Å²) in [6.45, 7) is 20.5. The lowest BCUT2D eigenvalue weighted by Gasteiger charge is -2.39. The highest BCUT2D eigenvalue weighted by Crippen LogP contribution is 2.43. The van der Waals surface area contributed by atoms with Crippen LogP contribution in [0.15, 0.2) is 0 Å². The molecule has 0 aromatic heterocycles. The van der Waals surface area contributed by atoms with Crippen LogP contribution in [-0.4, -0.2) is 58.8 Å². The van der Waals surface area contributed by atoms with Gasteiger partial charge in [0.25, 0.3) is 0 Å². The second-order valence-electron chi connectivity index (χ2n) is 7.93. The molecule has 0 saturated carbocycles. The molecule has 0 aromatic carbocycles. The van der Waals surface area contributed by atoms with E-state index in [-0.39, 0.29) is 11.2 Å². The van der Waals surface area contributed by atoms with Crippen molar-refractivity contribution in [2.24, 2.45) is 5.92 Å². The van der Waals surface area contributed by atoms with Gasteiger partial charge in [-0.25, -0.2) is 0 Å². The fraction of sp³-hybridized carbons (Fsp3) is 1.00. The lowest BCUT2D eigenvalue weighted by atomic mass is 9.82. The first-order chi connectivity index (χ1) is 9.65. The minimum atomic E-state index is -0.0913. The average molecular weight is 315 g/mol. The summed E-state index contributed by atoms with van der Waals surface area (Å²) in [5, 5.41) is 5.18. The van der Waals surface area contributed by atoms with Crippen molar-refractivity contribution in [3.63, 3.8) is 0 Å². The van der Waals surface area contributed by atoms with Gasteiger partial charge in [0.2, 0.25) is 0 Å². The first-order valence-electron chi connectivity index (χ1n) is 8.47. The molecule has 2 saturated heterocycles. The van der Waals surface area contributed by atoms with Gasteiger partial charge in [-0.05, 0) is 34.2 Å². The van der Waals surface area contributed by atoms with Crippen molar-refractivity contribution < 1.29 is 4.74 Å². The molecule has 2 aliphatic heterocycles. The Kier molecular flexibility index (Phi) is 5.35. The molecule has 4 atom stereocenters. The Balaban J connectivity index is 2.11. The molecule has 1 N–H and O–H groups in total. The standard InChI is InChI=1S/C17H34N2OS/c1-8-18-15-14(16(4,5)20-17(15,6)7)11-19-9-12(2)21-13(3)10-19/h12-15,18H,8-11H2,1-7H3. The van der Waals surface area contributed by atoms with Crippen LogP contribution in [-0.2, 0) is 4.74 Å². The predicted molar refractivity (Wildman–Crippen MR) is 93.2 cm³/mol. The molecule has 2 aliphatic rings. The van der Waals surface area contributed by atoms with E-state index < -0.39 is 0 Å². The van der Waals surface area contributed by atoms with E-state index in [2.05, 4.69) is 70.4 Å². The third-order valence-corrected chi connectivity index (χ3v) is 6.17. The van der Waals surface area contributed by atoms with Crippen LogP contribution in [0.5, 0.6) is 0 Å². The Bertz CT molecular complexity index is 349. The van der Waals surface area contributed by atoms with Gasteiger partial charge in [-0.15, -0.1) is 0 Å². The molecular weight excluding hydrogens is 280 g/mol. The fourth-order valence-electron chi connectivity index (χ4n) is 4.35. The third-order valence-electron chi connectivity index (χ3n) is 4.94. The first-order valence-corrected chi connectivity index (χ1v) is 9.41. The lowest BCUT2D eigenvalue weighted by Crippen LogP contribution is -2.53. The highest BCUT2D eigenvalue weighted by Gasteiger charge is 2.53. The summed E-state index contributed by atoms with van der Waals surface area (Å²) in [5.41, 5.74) is -0.153. The Hall–Kier alpha value is 0.230. The van der Waals surface area contributed by atoms with Crippen molar-refractivity contribution >= 4 is 11.8 Å². The first kappa shape index (κ1) is 17.6. The molecule has 0 amide bonds. The zero-order chi connectivity index (χ0) is 15.8. The van der Waals surface area contributed by atoms with Gasteiger partial charge in [-0.1, -0.05) is 20.8 Å². The summed E-state index contributed by atoms with van der Waals surface area (Å²) >= 11 is 2.13. The van der Waals surface area contributed by atoms with Crippen LogP contribution < -0.4 is 5.32 Å². The van der Waals surface area contributed by atoms with Gasteiger partial charge in [0, 0.05) is 42.1 Å². The van der Waals surface area contributed by atoms with Crippen molar-refractivity contribution in [1.29, 1.82) is 0 Å². The van der Waals surface area contributed by atoms with Crippen LogP contribution in [0.4, 0.5) is 0 Å². The number of nitrogens with zero attached hydrogens (tertiary/aromatic N) is 1. The fourth-order valence-corrected chi connectivity index (χ4v) is 5.73. The molecule has 3 nitrogen and oxygen atoms in total. The van der Waals surface area contributed by atoms with Crippen LogP contribution in [0.3, 0.4) is 0 Å². The highest BCUT2D eigenvalue weighted by molar-refractivity contribution is 8.00. The molecule has 4 heteroatoms. The van der Waals surface area contributed by atoms with E-state index in [1.165, 1.54) is 13.1 Å². The van der Waals surface area contributed by atoms with Crippen LogP contribution in [0.1, 0.15) is 48.5 Å². The Morgan fingerprint density at radius 1 is 1.10 bits per heavy atom. The molecule has 2 heterocycles. The summed E-state index contributed by atoms with van der Waals surface area (Å²) < 4.78 is 6.41. The van der Waals surface area contributed by atoms with Gasteiger partial charge in [-0.3, -0.25) is 0 Å². The van der Waals surface area contributed by atoms with E-state index in [1.54, 1.807) is 0 Å². The van der Waals surface area contributed by atoms with Gasteiger partial charge >= 0.3 is 0 Å². The number of likely N-dealkylation sites (N-methyl/N-ethyl adjacent to an activating group) is 1. The van der Waals surface area contributed by atoms with Crippen molar-refractivity contribution in [2.75, 3.05) is 26.2 Å². The van der Waals surface area contributed by atoms with Gasteiger partial charge in [0.1, 0.15) is 0 Å². The van der Waals surface area contributed by atoms with Gasteiger partial charge in [0.05, 0.1) is 11.2 Å². The minimum Gasteiger partial charge on any atom is -0.368 e. The largest absolute Gasteiger partial charge is 0.368 e. The third kappa shape index (κ3) is 3.95. The van der Waals surface area contributed by atoms with E-state index in [1.807, 2.05) is 0 Å².